The highest BCUT2D eigenvalue weighted by Gasteiger charge is 2.39. The molecular weight excluding hydrogens is 268 g/mol. The lowest BCUT2D eigenvalue weighted by Gasteiger charge is -2.32. The summed E-state index contributed by atoms with van der Waals surface area (Å²) in [6.07, 6.45) is 4.13. The second kappa shape index (κ2) is 6.34. The Labute approximate surface area is 127 Å². The van der Waals surface area contributed by atoms with Gasteiger partial charge in [0.15, 0.2) is 0 Å². The predicted molar refractivity (Wildman–Crippen MR) is 80.5 cm³/mol. The van der Waals surface area contributed by atoms with Gasteiger partial charge in [0.25, 0.3) is 0 Å². The summed E-state index contributed by atoms with van der Waals surface area (Å²) in [4.78, 5) is 26.2. The lowest BCUT2D eigenvalue weighted by atomic mass is 9.86. The number of likely N-dealkylation sites (tertiary alicyclic amines) is 1. The fourth-order valence-corrected chi connectivity index (χ4v) is 3.34. The van der Waals surface area contributed by atoms with E-state index in [2.05, 4.69) is 5.32 Å². The summed E-state index contributed by atoms with van der Waals surface area (Å²) in [5.74, 6) is 0.268. The Morgan fingerprint density at radius 2 is 1.90 bits per heavy atom. The molecule has 1 aliphatic carbocycles. The predicted octanol–water partition coefficient (Wildman–Crippen LogP) is 1.30. The molecule has 21 heavy (non-hydrogen) atoms. The van der Waals surface area contributed by atoms with E-state index in [0.29, 0.717) is 18.9 Å². The topological polar surface area (TPSA) is 69.6 Å². The van der Waals surface area contributed by atoms with Gasteiger partial charge < -0.3 is 15.3 Å². The molecule has 1 aliphatic heterocycles. The van der Waals surface area contributed by atoms with Crippen LogP contribution < -0.4 is 5.32 Å². The largest absolute Gasteiger partial charge is 0.396 e. The van der Waals surface area contributed by atoms with Crippen LogP contribution in [0.25, 0.3) is 0 Å². The molecule has 2 fully saturated rings. The maximum Gasteiger partial charge on any atom is 0.225 e. The Kier molecular flexibility index (Phi) is 4.91. The zero-order valence-electron chi connectivity index (χ0n) is 13.4. The maximum atomic E-state index is 12.3. The molecule has 1 saturated heterocycles. The van der Waals surface area contributed by atoms with Crippen LogP contribution in [0.2, 0.25) is 0 Å². The SMILES string of the molecule is CC(C)(C)N1CC(C(=O)NC2CCC(CO)CC2)CC1=O. The Balaban J connectivity index is 1.84. The number of carbonyl (C=O) groups is 2. The average Bonchev–Trinajstić information content (AvgIpc) is 2.82. The third-order valence-corrected chi connectivity index (χ3v) is 4.76. The van der Waals surface area contributed by atoms with Gasteiger partial charge in [0.05, 0.1) is 5.92 Å². The summed E-state index contributed by atoms with van der Waals surface area (Å²) in [5.41, 5.74) is -0.217. The van der Waals surface area contributed by atoms with E-state index >= 15 is 0 Å². The number of hydrogen-bond donors (Lipinski definition) is 2. The number of hydrogen-bond acceptors (Lipinski definition) is 3. The number of aliphatic hydroxyl groups excluding tert-OH is 1. The van der Waals surface area contributed by atoms with E-state index in [-0.39, 0.29) is 35.9 Å². The van der Waals surface area contributed by atoms with E-state index in [1.54, 1.807) is 4.90 Å². The molecule has 120 valence electrons. The lowest BCUT2D eigenvalue weighted by Crippen LogP contribution is -2.44. The third kappa shape index (κ3) is 3.96. The van der Waals surface area contributed by atoms with Gasteiger partial charge in [-0.05, 0) is 52.4 Å². The van der Waals surface area contributed by atoms with E-state index in [0.717, 1.165) is 25.7 Å². The van der Waals surface area contributed by atoms with Crippen LogP contribution in [0.1, 0.15) is 52.9 Å². The fourth-order valence-electron chi connectivity index (χ4n) is 3.34. The highest BCUT2D eigenvalue weighted by molar-refractivity contribution is 5.89. The van der Waals surface area contributed by atoms with Crippen LogP contribution in [-0.2, 0) is 9.59 Å². The second-order valence-electron chi connectivity index (χ2n) is 7.49. The van der Waals surface area contributed by atoms with Crippen LogP contribution in [0.4, 0.5) is 0 Å². The highest BCUT2D eigenvalue weighted by atomic mass is 16.3. The van der Waals surface area contributed by atoms with E-state index < -0.39 is 0 Å². The van der Waals surface area contributed by atoms with Gasteiger partial charge in [0.1, 0.15) is 0 Å². The molecule has 0 aromatic heterocycles. The molecule has 1 saturated carbocycles. The van der Waals surface area contributed by atoms with Crippen LogP contribution in [0, 0.1) is 11.8 Å². The Morgan fingerprint density at radius 1 is 1.29 bits per heavy atom. The van der Waals surface area contributed by atoms with Crippen LogP contribution in [0.15, 0.2) is 0 Å². The van der Waals surface area contributed by atoms with Crippen molar-refractivity contribution in [2.24, 2.45) is 11.8 Å². The summed E-state index contributed by atoms with van der Waals surface area (Å²) in [6.45, 7) is 6.78. The van der Waals surface area contributed by atoms with Crippen molar-refractivity contribution in [3.63, 3.8) is 0 Å². The molecule has 5 heteroatoms. The summed E-state index contributed by atoms with van der Waals surface area (Å²) >= 11 is 0. The second-order valence-corrected chi connectivity index (χ2v) is 7.49. The Hall–Kier alpha value is -1.10. The molecule has 0 bridgehead atoms. The van der Waals surface area contributed by atoms with Crippen molar-refractivity contribution in [1.82, 2.24) is 10.2 Å². The van der Waals surface area contributed by atoms with E-state index in [1.807, 2.05) is 20.8 Å². The molecule has 0 aromatic rings. The molecule has 0 spiro atoms. The molecule has 0 aromatic carbocycles. The van der Waals surface area contributed by atoms with Crippen molar-refractivity contribution in [3.05, 3.63) is 0 Å². The first-order valence-electron chi connectivity index (χ1n) is 8.03. The Bertz CT molecular complexity index is 395. The molecular formula is C16H28N2O3. The molecule has 5 nitrogen and oxygen atoms in total. The van der Waals surface area contributed by atoms with Crippen LogP contribution in [0.3, 0.4) is 0 Å². The monoisotopic (exact) mass is 296 g/mol. The van der Waals surface area contributed by atoms with Gasteiger partial charge in [0, 0.05) is 31.2 Å². The molecule has 2 rings (SSSR count). The minimum Gasteiger partial charge on any atom is -0.396 e. The molecule has 1 heterocycles. The first kappa shape index (κ1) is 16.3. The minimum atomic E-state index is -0.217. The molecule has 2 aliphatic rings. The summed E-state index contributed by atoms with van der Waals surface area (Å²) in [7, 11) is 0. The van der Waals surface area contributed by atoms with Gasteiger partial charge in [-0.25, -0.2) is 0 Å². The minimum absolute atomic E-state index is 0.0162. The van der Waals surface area contributed by atoms with Crippen molar-refractivity contribution in [3.8, 4) is 0 Å². The standard InChI is InChI=1S/C16H28N2O3/c1-16(2,3)18-9-12(8-14(18)20)15(21)17-13-6-4-11(10-19)5-7-13/h11-13,19H,4-10H2,1-3H3,(H,17,21). The number of nitrogens with one attached hydrogen (secondary N) is 1. The zero-order valence-corrected chi connectivity index (χ0v) is 13.4. The number of amides is 2. The van der Waals surface area contributed by atoms with Crippen molar-refractivity contribution < 1.29 is 14.7 Å². The Morgan fingerprint density at radius 3 is 2.38 bits per heavy atom. The van der Waals surface area contributed by atoms with Crippen molar-refractivity contribution in [2.75, 3.05) is 13.2 Å². The van der Waals surface area contributed by atoms with Gasteiger partial charge in [0.2, 0.25) is 11.8 Å². The zero-order chi connectivity index (χ0) is 15.6. The maximum absolute atomic E-state index is 12.3. The van der Waals surface area contributed by atoms with Crippen molar-refractivity contribution >= 4 is 11.8 Å². The lowest BCUT2D eigenvalue weighted by molar-refractivity contribution is -0.132. The normalized spacial score (nSPS) is 30.6. The number of aliphatic hydroxyl groups is 1. The van der Waals surface area contributed by atoms with Gasteiger partial charge in [-0.3, -0.25) is 9.59 Å². The summed E-state index contributed by atoms with van der Waals surface area (Å²) in [5, 5.41) is 12.2. The highest BCUT2D eigenvalue weighted by Crippen LogP contribution is 2.27. The summed E-state index contributed by atoms with van der Waals surface area (Å²) < 4.78 is 0. The summed E-state index contributed by atoms with van der Waals surface area (Å²) in [6, 6.07) is 0.207. The quantitative estimate of drug-likeness (QED) is 0.825. The smallest absolute Gasteiger partial charge is 0.225 e. The van der Waals surface area contributed by atoms with E-state index in [9.17, 15) is 9.59 Å². The fraction of sp³-hybridized carbons (Fsp3) is 0.875. The van der Waals surface area contributed by atoms with Gasteiger partial charge >= 0.3 is 0 Å². The number of carbonyl (C=O) groups excluding carboxylic acids is 2. The van der Waals surface area contributed by atoms with E-state index in [4.69, 9.17) is 5.11 Å². The average molecular weight is 296 g/mol. The van der Waals surface area contributed by atoms with Gasteiger partial charge in [-0.1, -0.05) is 0 Å². The first-order valence-corrected chi connectivity index (χ1v) is 8.03. The van der Waals surface area contributed by atoms with E-state index in [1.165, 1.54) is 0 Å². The molecule has 2 N–H and O–H groups in total. The molecule has 2 amide bonds. The third-order valence-electron chi connectivity index (χ3n) is 4.76. The molecule has 0 radical (unpaired) electrons. The van der Waals surface area contributed by atoms with Gasteiger partial charge in [-0.2, -0.15) is 0 Å². The number of rotatable bonds is 3. The van der Waals surface area contributed by atoms with Crippen LogP contribution in [0.5, 0.6) is 0 Å². The molecule has 1 unspecified atom stereocenters. The number of nitrogens with zero attached hydrogens (tertiary/aromatic N) is 1. The van der Waals surface area contributed by atoms with Crippen molar-refractivity contribution in [1.29, 1.82) is 0 Å². The first-order chi connectivity index (χ1) is 9.81. The van der Waals surface area contributed by atoms with Gasteiger partial charge in [-0.15, -0.1) is 0 Å². The van der Waals surface area contributed by atoms with Crippen molar-refractivity contribution in [2.45, 2.75) is 64.5 Å². The van der Waals surface area contributed by atoms with Crippen LogP contribution >= 0.6 is 0 Å². The van der Waals surface area contributed by atoms with Crippen LogP contribution in [-0.4, -0.2) is 46.6 Å². The molecule has 1 atom stereocenters.